The molecule has 5 nitrogen and oxygen atoms in total. The van der Waals surface area contributed by atoms with Crippen LogP contribution in [0.15, 0.2) is 0 Å². The molecule has 1 fully saturated rings. The quantitative estimate of drug-likeness (QED) is 0.785. The molecule has 0 spiro atoms. The van der Waals surface area contributed by atoms with Gasteiger partial charge in [-0.3, -0.25) is 9.69 Å². The normalized spacial score (nSPS) is 22.6. The van der Waals surface area contributed by atoms with E-state index < -0.39 is 6.09 Å². The Labute approximate surface area is 106 Å². The van der Waals surface area contributed by atoms with Crippen LogP contribution in [0, 0.1) is 0 Å². The average Bonchev–Trinajstić information content (AvgIpc) is 2.14. The third kappa shape index (κ3) is 3.57. The van der Waals surface area contributed by atoms with E-state index >= 15 is 0 Å². The van der Waals surface area contributed by atoms with Gasteiger partial charge in [0.1, 0.15) is 0 Å². The second-order valence-electron chi connectivity index (χ2n) is 5.12. The molecule has 1 rings (SSSR count). The van der Waals surface area contributed by atoms with Crippen LogP contribution in [-0.2, 0) is 4.79 Å². The first-order valence-corrected chi connectivity index (χ1v) is 6.05. The van der Waals surface area contributed by atoms with Gasteiger partial charge in [-0.05, 0) is 32.4 Å². The van der Waals surface area contributed by atoms with E-state index in [0.29, 0.717) is 19.6 Å². The molecule has 0 saturated carbocycles. The van der Waals surface area contributed by atoms with Crippen LogP contribution in [0.3, 0.4) is 0 Å². The summed E-state index contributed by atoms with van der Waals surface area (Å²) in [6.07, 6.45) is -0.614. The Morgan fingerprint density at radius 1 is 1.41 bits per heavy atom. The zero-order valence-corrected chi connectivity index (χ0v) is 11.2. The molecule has 1 N–H and O–H groups in total. The van der Waals surface area contributed by atoms with Gasteiger partial charge >= 0.3 is 6.09 Å². The van der Waals surface area contributed by atoms with Gasteiger partial charge in [0.2, 0.25) is 5.24 Å². The first kappa shape index (κ1) is 14.3. The molecule has 1 heterocycles. The molecule has 1 saturated heterocycles. The van der Waals surface area contributed by atoms with Gasteiger partial charge in [-0.1, -0.05) is 0 Å². The number of nitrogens with zero attached hydrogens (tertiary/aromatic N) is 2. The van der Waals surface area contributed by atoms with Crippen LogP contribution in [0.4, 0.5) is 4.79 Å². The zero-order valence-electron chi connectivity index (χ0n) is 10.4. The number of carbonyl (C=O) groups is 2. The molecule has 6 heteroatoms. The summed E-state index contributed by atoms with van der Waals surface area (Å²) in [5.41, 5.74) is -0.322. The number of rotatable bonds is 3. The third-order valence-electron chi connectivity index (χ3n) is 3.30. The summed E-state index contributed by atoms with van der Waals surface area (Å²) in [4.78, 5) is 25.5. The van der Waals surface area contributed by atoms with Crippen LogP contribution in [0.2, 0.25) is 0 Å². The number of piperazine rings is 1. The predicted molar refractivity (Wildman–Crippen MR) is 65.3 cm³/mol. The third-order valence-corrected chi connectivity index (χ3v) is 3.43. The highest BCUT2D eigenvalue weighted by molar-refractivity contribution is 6.63. The monoisotopic (exact) mass is 262 g/mol. The van der Waals surface area contributed by atoms with Gasteiger partial charge in [0.15, 0.2) is 0 Å². The standard InChI is InChI=1S/C11H19ClN2O3/c1-8-7-13(4-5-14(8)10(16)17)11(2,3)6-9(12)15/h8H,4-7H2,1-3H3,(H,16,17)/t8-/m1/s1. The van der Waals surface area contributed by atoms with E-state index in [-0.39, 0.29) is 23.2 Å². The number of hydrogen-bond acceptors (Lipinski definition) is 3. The highest BCUT2D eigenvalue weighted by Crippen LogP contribution is 2.24. The van der Waals surface area contributed by atoms with Gasteiger partial charge in [0.25, 0.3) is 0 Å². The van der Waals surface area contributed by atoms with E-state index in [1.807, 2.05) is 20.8 Å². The number of halogens is 1. The number of amides is 1. The molecule has 0 aliphatic carbocycles. The molecule has 98 valence electrons. The van der Waals surface area contributed by atoms with Gasteiger partial charge in [0.05, 0.1) is 0 Å². The Kier molecular flexibility index (Phi) is 4.38. The maximum atomic E-state index is 11.0. The minimum absolute atomic E-state index is 0.0639. The molecule has 1 aliphatic rings. The van der Waals surface area contributed by atoms with E-state index in [4.69, 9.17) is 16.7 Å². The molecule has 0 radical (unpaired) electrons. The average molecular weight is 263 g/mol. The summed E-state index contributed by atoms with van der Waals surface area (Å²) >= 11 is 5.43. The lowest BCUT2D eigenvalue weighted by Crippen LogP contribution is -2.59. The first-order chi connectivity index (χ1) is 7.74. The molecule has 1 aliphatic heterocycles. The summed E-state index contributed by atoms with van der Waals surface area (Å²) in [5.74, 6) is 0. The lowest BCUT2D eigenvalue weighted by Gasteiger charge is -2.45. The van der Waals surface area contributed by atoms with Crippen molar-refractivity contribution in [1.82, 2.24) is 9.80 Å². The minimum Gasteiger partial charge on any atom is -0.465 e. The number of carbonyl (C=O) groups excluding carboxylic acids is 1. The van der Waals surface area contributed by atoms with E-state index in [0.717, 1.165) is 0 Å². The fourth-order valence-corrected chi connectivity index (χ4v) is 2.57. The fourth-order valence-electron chi connectivity index (χ4n) is 2.24. The van der Waals surface area contributed by atoms with Crippen molar-refractivity contribution in [1.29, 1.82) is 0 Å². The zero-order chi connectivity index (χ0) is 13.2. The van der Waals surface area contributed by atoms with Crippen LogP contribution in [0.25, 0.3) is 0 Å². The second kappa shape index (κ2) is 5.23. The lowest BCUT2D eigenvalue weighted by molar-refractivity contribution is -0.114. The number of carboxylic acid groups (broad SMARTS) is 1. The van der Waals surface area contributed by atoms with Gasteiger partial charge in [-0.15, -0.1) is 0 Å². The molecule has 0 aromatic rings. The van der Waals surface area contributed by atoms with Crippen LogP contribution >= 0.6 is 11.6 Å². The predicted octanol–water partition coefficient (Wildman–Crippen LogP) is 1.60. The SMILES string of the molecule is C[C@@H]1CN(C(C)(C)CC(=O)Cl)CCN1C(=O)O. The van der Waals surface area contributed by atoms with Crippen LogP contribution < -0.4 is 0 Å². The maximum Gasteiger partial charge on any atom is 0.407 e. The fraction of sp³-hybridized carbons (Fsp3) is 0.818. The molecule has 1 amide bonds. The summed E-state index contributed by atoms with van der Waals surface area (Å²) in [6.45, 7) is 7.51. The lowest BCUT2D eigenvalue weighted by atomic mass is 9.96. The van der Waals surface area contributed by atoms with Crippen LogP contribution in [-0.4, -0.2) is 57.5 Å². The molecule has 1 atom stereocenters. The second-order valence-corrected chi connectivity index (χ2v) is 5.54. The number of hydrogen-bond donors (Lipinski definition) is 1. The summed E-state index contributed by atoms with van der Waals surface area (Å²) in [5, 5.41) is 8.62. The largest absolute Gasteiger partial charge is 0.465 e. The van der Waals surface area contributed by atoms with Crippen molar-refractivity contribution in [3.8, 4) is 0 Å². The Balaban J connectivity index is 2.65. The van der Waals surface area contributed by atoms with E-state index in [9.17, 15) is 9.59 Å². The van der Waals surface area contributed by atoms with E-state index in [2.05, 4.69) is 4.90 Å². The summed E-state index contributed by atoms with van der Waals surface area (Å²) in [6, 6.07) is -0.0639. The molecular formula is C11H19ClN2O3. The van der Waals surface area contributed by atoms with Gasteiger partial charge in [-0.2, -0.15) is 0 Å². The molecular weight excluding hydrogens is 244 g/mol. The Morgan fingerprint density at radius 3 is 2.41 bits per heavy atom. The van der Waals surface area contributed by atoms with Gasteiger partial charge < -0.3 is 10.0 Å². The summed E-state index contributed by atoms with van der Waals surface area (Å²) in [7, 11) is 0. The molecule has 0 bridgehead atoms. The van der Waals surface area contributed by atoms with Gasteiger partial charge in [0, 0.05) is 37.6 Å². The maximum absolute atomic E-state index is 11.0. The molecule has 0 unspecified atom stereocenters. The molecule has 0 aromatic carbocycles. The first-order valence-electron chi connectivity index (χ1n) is 5.67. The van der Waals surface area contributed by atoms with Crippen molar-refractivity contribution in [3.05, 3.63) is 0 Å². The van der Waals surface area contributed by atoms with Gasteiger partial charge in [-0.25, -0.2) is 4.79 Å². The van der Waals surface area contributed by atoms with Crippen LogP contribution in [0.5, 0.6) is 0 Å². The molecule has 0 aromatic heterocycles. The highest BCUT2D eigenvalue weighted by Gasteiger charge is 2.35. The molecule has 17 heavy (non-hydrogen) atoms. The highest BCUT2D eigenvalue weighted by atomic mass is 35.5. The van der Waals surface area contributed by atoms with E-state index in [1.165, 1.54) is 4.90 Å². The van der Waals surface area contributed by atoms with Crippen LogP contribution in [0.1, 0.15) is 27.2 Å². The Morgan fingerprint density at radius 2 is 2.00 bits per heavy atom. The Hall–Kier alpha value is -0.810. The van der Waals surface area contributed by atoms with Crippen molar-refractivity contribution in [2.24, 2.45) is 0 Å². The smallest absolute Gasteiger partial charge is 0.407 e. The van der Waals surface area contributed by atoms with Crippen molar-refractivity contribution in [2.45, 2.75) is 38.8 Å². The Bertz CT molecular complexity index is 320. The van der Waals surface area contributed by atoms with Crippen molar-refractivity contribution >= 4 is 22.9 Å². The van der Waals surface area contributed by atoms with E-state index in [1.54, 1.807) is 0 Å². The topological polar surface area (TPSA) is 60.9 Å². The van der Waals surface area contributed by atoms with Crippen molar-refractivity contribution < 1.29 is 14.7 Å². The summed E-state index contributed by atoms with van der Waals surface area (Å²) < 4.78 is 0. The van der Waals surface area contributed by atoms with Crippen molar-refractivity contribution in [2.75, 3.05) is 19.6 Å². The minimum atomic E-state index is -0.886. The van der Waals surface area contributed by atoms with Crippen molar-refractivity contribution in [3.63, 3.8) is 0 Å².